The van der Waals surface area contributed by atoms with E-state index in [2.05, 4.69) is 33.9 Å². The smallest absolute Gasteiger partial charge is 0.330 e. The van der Waals surface area contributed by atoms with E-state index in [4.69, 9.17) is 9.16 Å². The lowest BCUT2D eigenvalue weighted by Gasteiger charge is -2.36. The summed E-state index contributed by atoms with van der Waals surface area (Å²) in [6.45, 7) is 11.2. The molecule has 2 heterocycles. The maximum atomic E-state index is 13.4. The van der Waals surface area contributed by atoms with E-state index >= 15 is 0 Å². The molecule has 2 atom stereocenters. The summed E-state index contributed by atoms with van der Waals surface area (Å²) < 4.78 is 26.3. The fourth-order valence-corrected chi connectivity index (χ4v) is 3.96. The Morgan fingerprint density at radius 2 is 2.13 bits per heavy atom. The number of aromatic amines is 1. The molecule has 2 rings (SSSR count). The summed E-state index contributed by atoms with van der Waals surface area (Å²) in [5, 5.41) is 0.106. The van der Waals surface area contributed by atoms with Gasteiger partial charge in [-0.15, -0.1) is 11.8 Å². The van der Waals surface area contributed by atoms with Gasteiger partial charge in [0.25, 0.3) is 5.56 Å². The Labute approximate surface area is 139 Å². The highest BCUT2D eigenvalue weighted by Gasteiger charge is 2.39. The maximum Gasteiger partial charge on any atom is 0.330 e. The third-order valence-electron chi connectivity index (χ3n) is 4.35. The second-order valence-corrected chi connectivity index (χ2v) is 13.1. The Morgan fingerprint density at radius 1 is 1.48 bits per heavy atom. The number of rotatable bonds is 4. The molecule has 0 amide bonds. The number of hydrogen-bond acceptors (Lipinski definition) is 5. The van der Waals surface area contributed by atoms with Gasteiger partial charge in [-0.2, -0.15) is 4.39 Å². The highest BCUT2D eigenvalue weighted by atomic mass is 32.2. The molecule has 1 aliphatic rings. The zero-order chi connectivity index (χ0) is 17.4. The van der Waals surface area contributed by atoms with E-state index < -0.39 is 31.6 Å². The van der Waals surface area contributed by atoms with Crippen LogP contribution in [0.5, 0.6) is 0 Å². The molecule has 0 bridgehead atoms. The molecule has 1 fully saturated rings. The predicted molar refractivity (Wildman–Crippen MR) is 90.8 cm³/mol. The molecule has 9 heteroatoms. The highest BCUT2D eigenvalue weighted by Crippen LogP contribution is 2.38. The Morgan fingerprint density at radius 3 is 2.74 bits per heavy atom. The van der Waals surface area contributed by atoms with Gasteiger partial charge < -0.3 is 9.16 Å². The van der Waals surface area contributed by atoms with Crippen molar-refractivity contribution in [2.24, 2.45) is 0 Å². The molecule has 0 spiro atoms. The van der Waals surface area contributed by atoms with E-state index in [-0.39, 0.29) is 10.5 Å². The van der Waals surface area contributed by atoms with Gasteiger partial charge in [0, 0.05) is 5.75 Å². The highest BCUT2D eigenvalue weighted by molar-refractivity contribution is 8.00. The Bertz CT molecular complexity index is 683. The van der Waals surface area contributed by atoms with Crippen LogP contribution < -0.4 is 11.2 Å². The molecular weight excluding hydrogens is 339 g/mol. The molecule has 0 aromatic carbocycles. The number of nitrogens with one attached hydrogen (secondary N) is 1. The van der Waals surface area contributed by atoms with Crippen molar-refractivity contribution in [3.05, 3.63) is 32.9 Å². The third kappa shape index (κ3) is 4.14. The second kappa shape index (κ2) is 6.54. The molecule has 1 aromatic heterocycles. The molecule has 0 radical (unpaired) electrons. The monoisotopic (exact) mass is 362 g/mol. The van der Waals surface area contributed by atoms with Crippen LogP contribution in [0, 0.1) is 5.82 Å². The molecule has 1 N–H and O–H groups in total. The molecule has 1 aliphatic heterocycles. The van der Waals surface area contributed by atoms with E-state index in [1.165, 1.54) is 11.8 Å². The first-order valence-corrected chi connectivity index (χ1v) is 11.4. The van der Waals surface area contributed by atoms with Crippen LogP contribution in [0.3, 0.4) is 0 Å². The Kier molecular flexibility index (Phi) is 5.24. The van der Waals surface area contributed by atoms with Crippen molar-refractivity contribution in [1.29, 1.82) is 0 Å². The summed E-state index contributed by atoms with van der Waals surface area (Å²) in [5.74, 6) is -0.504. The number of H-pyrrole nitrogens is 1. The van der Waals surface area contributed by atoms with Gasteiger partial charge in [0.05, 0.1) is 12.8 Å². The Hall–Kier alpha value is -0.903. The van der Waals surface area contributed by atoms with Crippen molar-refractivity contribution < 1.29 is 13.6 Å². The average Bonchev–Trinajstić information content (AvgIpc) is 2.88. The van der Waals surface area contributed by atoms with Crippen LogP contribution in [-0.2, 0) is 9.16 Å². The summed E-state index contributed by atoms with van der Waals surface area (Å²) in [6, 6.07) is 0. The molecular formula is C14H23FN2O4SSi. The topological polar surface area (TPSA) is 73.3 Å². The minimum atomic E-state index is -1.87. The Balaban J connectivity index is 2.01. The lowest BCUT2D eigenvalue weighted by atomic mass is 10.2. The lowest BCUT2D eigenvalue weighted by molar-refractivity contribution is -0.00476. The standard InChI is InChI=1S/C14H23FN2O4SSi/c1-14(2,3)23(4,5)20-7-11-21-10(8-22-11)17-6-9(15)12(18)16-13(17)19/h6,10-11H,7-8H2,1-5H3,(H,16,18,19)/t10-,11+/m0/s1. The van der Waals surface area contributed by atoms with E-state index in [0.717, 1.165) is 10.8 Å². The van der Waals surface area contributed by atoms with Gasteiger partial charge in [-0.25, -0.2) is 4.79 Å². The van der Waals surface area contributed by atoms with E-state index in [9.17, 15) is 14.0 Å². The van der Waals surface area contributed by atoms with Crippen LogP contribution in [0.4, 0.5) is 4.39 Å². The van der Waals surface area contributed by atoms with Gasteiger partial charge in [-0.1, -0.05) is 20.8 Å². The summed E-state index contributed by atoms with van der Waals surface area (Å²) in [7, 11) is -1.87. The van der Waals surface area contributed by atoms with Crippen LogP contribution in [0.2, 0.25) is 18.1 Å². The van der Waals surface area contributed by atoms with Crippen LogP contribution in [0.15, 0.2) is 15.8 Å². The van der Waals surface area contributed by atoms with Crippen LogP contribution in [-0.4, -0.2) is 35.7 Å². The number of thioether (sulfide) groups is 1. The van der Waals surface area contributed by atoms with E-state index in [1.807, 2.05) is 4.98 Å². The predicted octanol–water partition coefficient (Wildman–Crippen LogP) is 2.29. The molecule has 6 nitrogen and oxygen atoms in total. The molecule has 130 valence electrons. The van der Waals surface area contributed by atoms with Crippen molar-refractivity contribution in [3.8, 4) is 0 Å². The van der Waals surface area contributed by atoms with E-state index in [1.54, 1.807) is 0 Å². The van der Waals surface area contributed by atoms with Gasteiger partial charge in [0.15, 0.2) is 8.32 Å². The number of nitrogens with zero attached hydrogens (tertiary/aromatic N) is 1. The fourth-order valence-electron chi connectivity index (χ4n) is 1.84. The first kappa shape index (κ1) is 18.4. The number of hydrogen-bond donors (Lipinski definition) is 1. The first-order chi connectivity index (χ1) is 10.5. The number of ether oxygens (including phenoxy) is 1. The summed E-state index contributed by atoms with van der Waals surface area (Å²) in [6.07, 6.45) is 0.288. The van der Waals surface area contributed by atoms with Gasteiger partial charge in [-0.05, 0) is 18.1 Å². The largest absolute Gasteiger partial charge is 0.413 e. The average molecular weight is 362 g/mol. The molecule has 0 saturated carbocycles. The van der Waals surface area contributed by atoms with Gasteiger partial charge in [0.1, 0.15) is 11.7 Å². The maximum absolute atomic E-state index is 13.4. The molecule has 0 unspecified atom stereocenters. The normalized spacial score (nSPS) is 22.5. The number of halogens is 1. The first-order valence-electron chi connectivity index (χ1n) is 7.43. The zero-order valence-electron chi connectivity index (χ0n) is 14.0. The summed E-state index contributed by atoms with van der Waals surface area (Å²) in [5.41, 5.74) is -1.90. The zero-order valence-corrected chi connectivity index (χ0v) is 15.8. The third-order valence-corrected chi connectivity index (χ3v) is 9.95. The van der Waals surface area contributed by atoms with Crippen LogP contribution in [0.25, 0.3) is 0 Å². The van der Waals surface area contributed by atoms with E-state index in [0.29, 0.717) is 12.4 Å². The van der Waals surface area contributed by atoms with Crippen LogP contribution >= 0.6 is 11.8 Å². The molecule has 0 aliphatic carbocycles. The van der Waals surface area contributed by atoms with Crippen molar-refractivity contribution in [2.75, 3.05) is 12.4 Å². The summed E-state index contributed by atoms with van der Waals surface area (Å²) >= 11 is 1.52. The van der Waals surface area contributed by atoms with Gasteiger partial charge in [0.2, 0.25) is 5.82 Å². The second-order valence-electron chi connectivity index (χ2n) is 7.07. The molecule has 1 aromatic rings. The molecule has 23 heavy (non-hydrogen) atoms. The van der Waals surface area contributed by atoms with Gasteiger partial charge >= 0.3 is 5.69 Å². The fraction of sp³-hybridized carbons (Fsp3) is 0.714. The van der Waals surface area contributed by atoms with Crippen molar-refractivity contribution >= 4 is 20.1 Å². The van der Waals surface area contributed by atoms with Crippen molar-refractivity contribution in [2.45, 2.75) is 50.6 Å². The van der Waals surface area contributed by atoms with Crippen molar-refractivity contribution in [1.82, 2.24) is 9.55 Å². The quantitative estimate of drug-likeness (QED) is 0.832. The minimum Gasteiger partial charge on any atom is -0.413 e. The number of aromatic nitrogens is 2. The van der Waals surface area contributed by atoms with Gasteiger partial charge in [-0.3, -0.25) is 14.3 Å². The van der Waals surface area contributed by atoms with Crippen molar-refractivity contribution in [3.63, 3.8) is 0 Å². The lowest BCUT2D eigenvalue weighted by Crippen LogP contribution is -2.42. The minimum absolute atomic E-state index is 0.106. The van der Waals surface area contributed by atoms with Crippen LogP contribution in [0.1, 0.15) is 27.0 Å². The molecule has 1 saturated heterocycles. The SMILES string of the molecule is CC(C)(C)[Si](C)(C)OC[C@@H]1O[C@H](n2cc(F)c(=O)[nH]c2=O)CS1. The summed E-state index contributed by atoms with van der Waals surface area (Å²) in [4.78, 5) is 24.8.